The number of para-hydroxylation sites is 1. The van der Waals surface area contributed by atoms with Gasteiger partial charge in [0.15, 0.2) is 9.84 Å². The second-order valence-corrected chi connectivity index (χ2v) is 7.32. The van der Waals surface area contributed by atoms with Gasteiger partial charge in [-0.3, -0.25) is 9.69 Å². The molecule has 21 heavy (non-hydrogen) atoms. The Balaban J connectivity index is 1.80. The van der Waals surface area contributed by atoms with Crippen LogP contribution < -0.4 is 10.1 Å². The van der Waals surface area contributed by atoms with E-state index < -0.39 is 9.84 Å². The van der Waals surface area contributed by atoms with Crippen LogP contribution in [0.1, 0.15) is 5.56 Å². The molecular weight excluding hydrogens is 292 g/mol. The molecule has 7 heteroatoms. The van der Waals surface area contributed by atoms with Gasteiger partial charge in [-0.1, -0.05) is 18.2 Å². The minimum Gasteiger partial charge on any atom is -0.496 e. The van der Waals surface area contributed by atoms with Crippen LogP contribution in [-0.4, -0.2) is 57.5 Å². The Morgan fingerprint density at radius 3 is 2.62 bits per heavy atom. The molecular formula is C14H20N2O4S. The molecule has 1 aliphatic heterocycles. The van der Waals surface area contributed by atoms with Crippen LogP contribution in [-0.2, 0) is 21.2 Å². The molecule has 0 unspecified atom stereocenters. The van der Waals surface area contributed by atoms with Gasteiger partial charge in [-0.25, -0.2) is 8.42 Å². The molecule has 0 saturated carbocycles. The maximum absolute atomic E-state index is 11.9. The molecule has 6 nitrogen and oxygen atoms in total. The normalized spacial score (nSPS) is 18.1. The van der Waals surface area contributed by atoms with Crippen molar-refractivity contribution in [3.05, 3.63) is 29.8 Å². The second-order valence-electron chi connectivity index (χ2n) is 5.02. The Hall–Kier alpha value is -1.60. The summed E-state index contributed by atoms with van der Waals surface area (Å²) in [6.07, 6.45) is 0. The Labute approximate surface area is 125 Å². The highest BCUT2D eigenvalue weighted by Gasteiger charge is 2.22. The van der Waals surface area contributed by atoms with E-state index in [1.807, 2.05) is 29.2 Å². The number of carbonyl (C=O) groups excluding carboxylic acids is 1. The molecule has 1 N–H and O–H groups in total. The first-order valence-electron chi connectivity index (χ1n) is 6.81. The average molecular weight is 312 g/mol. The number of ether oxygens (including phenoxy) is 1. The predicted molar refractivity (Wildman–Crippen MR) is 79.9 cm³/mol. The first-order valence-corrected chi connectivity index (χ1v) is 8.64. The summed E-state index contributed by atoms with van der Waals surface area (Å²) in [5.41, 5.74) is 0.912. The lowest BCUT2D eigenvalue weighted by Crippen LogP contribution is -2.45. The summed E-state index contributed by atoms with van der Waals surface area (Å²) < 4.78 is 27.9. The summed E-state index contributed by atoms with van der Waals surface area (Å²) in [4.78, 5) is 13.8. The predicted octanol–water partition coefficient (Wildman–Crippen LogP) is 0.0418. The Morgan fingerprint density at radius 2 is 1.95 bits per heavy atom. The first-order chi connectivity index (χ1) is 10.00. The quantitative estimate of drug-likeness (QED) is 0.831. The van der Waals surface area contributed by atoms with E-state index >= 15 is 0 Å². The third kappa shape index (κ3) is 4.71. The van der Waals surface area contributed by atoms with Crippen molar-refractivity contribution < 1.29 is 17.9 Å². The fourth-order valence-corrected chi connectivity index (χ4v) is 3.49. The largest absolute Gasteiger partial charge is 0.496 e. The lowest BCUT2D eigenvalue weighted by Gasteiger charge is -2.25. The Bertz CT molecular complexity index is 587. The van der Waals surface area contributed by atoms with Gasteiger partial charge in [0.25, 0.3) is 0 Å². The van der Waals surface area contributed by atoms with E-state index in [-0.39, 0.29) is 24.0 Å². The van der Waals surface area contributed by atoms with Crippen LogP contribution in [0.3, 0.4) is 0 Å². The molecule has 0 bridgehead atoms. The summed E-state index contributed by atoms with van der Waals surface area (Å²) in [7, 11) is -1.31. The molecule has 1 heterocycles. The molecule has 116 valence electrons. The van der Waals surface area contributed by atoms with Crippen molar-refractivity contribution in [2.24, 2.45) is 0 Å². The molecule has 1 aromatic rings. The molecule has 0 aliphatic carbocycles. The van der Waals surface area contributed by atoms with E-state index in [1.54, 1.807) is 7.11 Å². The zero-order valence-electron chi connectivity index (χ0n) is 12.0. The number of methoxy groups -OCH3 is 1. The van der Waals surface area contributed by atoms with E-state index in [9.17, 15) is 13.2 Å². The molecule has 2 rings (SSSR count). The smallest absolute Gasteiger partial charge is 0.234 e. The van der Waals surface area contributed by atoms with Crippen LogP contribution in [0.15, 0.2) is 24.3 Å². The van der Waals surface area contributed by atoms with Crippen molar-refractivity contribution in [1.82, 2.24) is 10.2 Å². The van der Waals surface area contributed by atoms with Gasteiger partial charge < -0.3 is 10.1 Å². The summed E-state index contributed by atoms with van der Waals surface area (Å²) >= 11 is 0. The number of nitrogens with zero attached hydrogens (tertiary/aromatic N) is 1. The average Bonchev–Trinajstić information content (AvgIpc) is 2.47. The van der Waals surface area contributed by atoms with E-state index in [0.717, 1.165) is 11.3 Å². The molecule has 0 atom stereocenters. The van der Waals surface area contributed by atoms with E-state index in [4.69, 9.17) is 4.74 Å². The van der Waals surface area contributed by atoms with E-state index in [0.29, 0.717) is 19.6 Å². The topological polar surface area (TPSA) is 75.7 Å². The molecule has 1 aromatic carbocycles. The number of benzene rings is 1. The van der Waals surface area contributed by atoms with Crippen molar-refractivity contribution in [3.63, 3.8) is 0 Å². The van der Waals surface area contributed by atoms with Crippen LogP contribution in [0.4, 0.5) is 0 Å². The van der Waals surface area contributed by atoms with Crippen LogP contribution in [0.5, 0.6) is 5.75 Å². The maximum Gasteiger partial charge on any atom is 0.234 e. The maximum atomic E-state index is 11.9. The van der Waals surface area contributed by atoms with Crippen molar-refractivity contribution in [2.45, 2.75) is 6.54 Å². The minimum atomic E-state index is -2.91. The summed E-state index contributed by atoms with van der Waals surface area (Å²) in [5.74, 6) is 0.890. The standard InChI is InChI=1S/C14H20N2O4S/c1-20-13-5-3-2-4-12(13)10-15-14(17)11-16-6-8-21(18,19)9-7-16/h2-5H,6-11H2,1H3,(H,15,17). The van der Waals surface area contributed by atoms with Crippen molar-refractivity contribution in [1.29, 1.82) is 0 Å². The zero-order valence-corrected chi connectivity index (χ0v) is 12.9. The van der Waals surface area contributed by atoms with Gasteiger partial charge >= 0.3 is 0 Å². The van der Waals surface area contributed by atoms with E-state index in [2.05, 4.69) is 5.32 Å². The van der Waals surface area contributed by atoms with Gasteiger partial charge in [0.1, 0.15) is 5.75 Å². The van der Waals surface area contributed by atoms with Gasteiger partial charge in [-0.15, -0.1) is 0 Å². The number of nitrogens with one attached hydrogen (secondary N) is 1. The minimum absolute atomic E-state index is 0.111. The Kier molecular flexibility index (Phi) is 5.19. The molecule has 0 radical (unpaired) electrons. The van der Waals surface area contributed by atoms with Gasteiger partial charge in [0.2, 0.25) is 5.91 Å². The molecule has 0 aromatic heterocycles. The number of sulfone groups is 1. The van der Waals surface area contributed by atoms with Crippen LogP contribution in [0.2, 0.25) is 0 Å². The highest BCUT2D eigenvalue weighted by Crippen LogP contribution is 2.16. The van der Waals surface area contributed by atoms with E-state index in [1.165, 1.54) is 0 Å². The lowest BCUT2D eigenvalue weighted by atomic mass is 10.2. The molecule has 1 saturated heterocycles. The van der Waals surface area contributed by atoms with Gasteiger partial charge in [0.05, 0.1) is 25.2 Å². The number of hydrogen-bond acceptors (Lipinski definition) is 5. The number of hydrogen-bond donors (Lipinski definition) is 1. The van der Waals surface area contributed by atoms with Crippen LogP contribution in [0, 0.1) is 0 Å². The van der Waals surface area contributed by atoms with Crippen molar-refractivity contribution >= 4 is 15.7 Å². The van der Waals surface area contributed by atoms with Crippen LogP contribution in [0.25, 0.3) is 0 Å². The van der Waals surface area contributed by atoms with Gasteiger partial charge in [0, 0.05) is 25.2 Å². The van der Waals surface area contributed by atoms with Gasteiger partial charge in [-0.2, -0.15) is 0 Å². The molecule has 1 amide bonds. The summed E-state index contributed by atoms with van der Waals surface area (Å²) in [5, 5.41) is 2.83. The van der Waals surface area contributed by atoms with Crippen molar-refractivity contribution in [2.75, 3.05) is 38.2 Å². The SMILES string of the molecule is COc1ccccc1CNC(=O)CN1CCS(=O)(=O)CC1. The zero-order chi connectivity index (χ0) is 15.3. The third-order valence-electron chi connectivity index (χ3n) is 3.47. The first kappa shape index (κ1) is 15.8. The second kappa shape index (κ2) is 6.91. The monoisotopic (exact) mass is 312 g/mol. The highest BCUT2D eigenvalue weighted by molar-refractivity contribution is 7.91. The molecule has 1 aliphatic rings. The summed E-state index contributed by atoms with van der Waals surface area (Å²) in [6.45, 7) is 1.47. The molecule has 1 fully saturated rings. The van der Waals surface area contributed by atoms with Crippen molar-refractivity contribution in [3.8, 4) is 5.75 Å². The Morgan fingerprint density at radius 1 is 1.29 bits per heavy atom. The number of rotatable bonds is 5. The third-order valence-corrected chi connectivity index (χ3v) is 5.08. The number of carbonyl (C=O) groups is 1. The van der Waals surface area contributed by atoms with Gasteiger partial charge in [-0.05, 0) is 6.07 Å². The fourth-order valence-electron chi connectivity index (χ4n) is 2.21. The highest BCUT2D eigenvalue weighted by atomic mass is 32.2. The molecule has 0 spiro atoms. The lowest BCUT2D eigenvalue weighted by molar-refractivity contribution is -0.122. The number of amides is 1. The van der Waals surface area contributed by atoms with Crippen LogP contribution >= 0.6 is 0 Å². The fraction of sp³-hybridized carbons (Fsp3) is 0.500. The summed E-state index contributed by atoms with van der Waals surface area (Å²) in [6, 6.07) is 7.50.